The van der Waals surface area contributed by atoms with Crippen LogP contribution in [0.3, 0.4) is 0 Å². The van der Waals surface area contributed by atoms with Crippen LogP contribution >= 0.6 is 0 Å². The van der Waals surface area contributed by atoms with Crippen molar-refractivity contribution < 1.29 is 8.78 Å². The standard InChI is InChI=1S/C17H26F2N2/c1-13-7-8-16(20-12-13)14-5-4-6-15(11-14)17(18,19)9-10-21(2)3/h4-6,11,13,16,20H,7-10,12H2,1-3H3/t13-,16+/m0/s1. The lowest BCUT2D eigenvalue weighted by Crippen LogP contribution is -2.32. The quantitative estimate of drug-likeness (QED) is 0.889. The van der Waals surface area contributed by atoms with E-state index >= 15 is 0 Å². The molecule has 1 saturated heterocycles. The van der Waals surface area contributed by atoms with Crippen LogP contribution in [0.2, 0.25) is 0 Å². The molecule has 0 radical (unpaired) electrons. The Labute approximate surface area is 126 Å². The number of halogens is 2. The Kier molecular flexibility index (Phi) is 5.33. The molecule has 0 spiro atoms. The predicted octanol–water partition coefficient (Wildman–Crippen LogP) is 3.79. The molecule has 0 aliphatic carbocycles. The van der Waals surface area contributed by atoms with E-state index in [2.05, 4.69) is 12.2 Å². The van der Waals surface area contributed by atoms with Crippen molar-refractivity contribution in [3.63, 3.8) is 0 Å². The van der Waals surface area contributed by atoms with E-state index < -0.39 is 5.92 Å². The Morgan fingerprint density at radius 3 is 2.67 bits per heavy atom. The van der Waals surface area contributed by atoms with E-state index in [1.807, 2.05) is 20.2 Å². The fraction of sp³-hybridized carbons (Fsp3) is 0.647. The summed E-state index contributed by atoms with van der Waals surface area (Å²) < 4.78 is 28.6. The fourth-order valence-corrected chi connectivity index (χ4v) is 2.77. The normalized spacial score (nSPS) is 23.5. The van der Waals surface area contributed by atoms with Gasteiger partial charge in [0.1, 0.15) is 0 Å². The van der Waals surface area contributed by atoms with Crippen molar-refractivity contribution in [2.45, 2.75) is 38.2 Å². The molecule has 0 amide bonds. The lowest BCUT2D eigenvalue weighted by Gasteiger charge is -2.29. The van der Waals surface area contributed by atoms with E-state index in [4.69, 9.17) is 0 Å². The average Bonchev–Trinajstić information content (AvgIpc) is 2.46. The first-order valence-corrected chi connectivity index (χ1v) is 7.75. The highest BCUT2D eigenvalue weighted by Gasteiger charge is 2.32. The molecule has 2 rings (SSSR count). The molecule has 1 aromatic rings. The third kappa shape index (κ3) is 4.48. The van der Waals surface area contributed by atoms with Crippen molar-refractivity contribution in [1.29, 1.82) is 0 Å². The van der Waals surface area contributed by atoms with Gasteiger partial charge in [0.25, 0.3) is 5.92 Å². The Hall–Kier alpha value is -1.00. The van der Waals surface area contributed by atoms with Gasteiger partial charge in [0, 0.05) is 24.6 Å². The molecule has 0 saturated carbocycles. The molecule has 1 N–H and O–H groups in total. The summed E-state index contributed by atoms with van der Waals surface area (Å²) in [6.07, 6.45) is 2.03. The minimum absolute atomic E-state index is 0.140. The molecule has 1 heterocycles. The molecule has 0 bridgehead atoms. The van der Waals surface area contributed by atoms with Crippen LogP contribution in [0.1, 0.15) is 43.4 Å². The first-order chi connectivity index (χ1) is 9.88. The summed E-state index contributed by atoms with van der Waals surface area (Å²) in [4.78, 5) is 1.79. The summed E-state index contributed by atoms with van der Waals surface area (Å²) in [6.45, 7) is 3.57. The van der Waals surface area contributed by atoms with Gasteiger partial charge >= 0.3 is 0 Å². The maximum atomic E-state index is 14.3. The summed E-state index contributed by atoms with van der Waals surface area (Å²) in [7, 11) is 3.64. The fourth-order valence-electron chi connectivity index (χ4n) is 2.77. The molecule has 1 fully saturated rings. The van der Waals surface area contributed by atoms with Gasteiger partial charge in [-0.15, -0.1) is 0 Å². The largest absolute Gasteiger partial charge is 0.310 e. The van der Waals surface area contributed by atoms with Gasteiger partial charge in [0.05, 0.1) is 0 Å². The molecule has 4 heteroatoms. The number of alkyl halides is 2. The molecule has 1 aliphatic rings. The van der Waals surface area contributed by atoms with Crippen molar-refractivity contribution in [3.8, 4) is 0 Å². The summed E-state index contributed by atoms with van der Waals surface area (Å²) in [5.41, 5.74) is 1.13. The summed E-state index contributed by atoms with van der Waals surface area (Å²) in [6, 6.07) is 7.16. The number of hydrogen-bond donors (Lipinski definition) is 1. The third-order valence-electron chi connectivity index (χ3n) is 4.25. The van der Waals surface area contributed by atoms with Gasteiger partial charge in [-0.3, -0.25) is 0 Å². The minimum atomic E-state index is -2.76. The molecule has 1 aliphatic heterocycles. The van der Waals surface area contributed by atoms with Crippen LogP contribution in [0.4, 0.5) is 8.78 Å². The highest BCUT2D eigenvalue weighted by Crippen LogP contribution is 2.34. The molecule has 0 aromatic heterocycles. The van der Waals surface area contributed by atoms with Gasteiger partial charge in [-0.2, -0.15) is 0 Å². The second-order valence-electron chi connectivity index (χ2n) is 6.53. The smallest absolute Gasteiger partial charge is 0.274 e. The van der Waals surface area contributed by atoms with Crippen LogP contribution in [0.15, 0.2) is 24.3 Å². The van der Waals surface area contributed by atoms with Gasteiger partial charge in [-0.25, -0.2) is 8.78 Å². The Bertz CT molecular complexity index is 452. The maximum Gasteiger partial charge on any atom is 0.274 e. The monoisotopic (exact) mass is 296 g/mol. The number of rotatable bonds is 5. The first kappa shape index (κ1) is 16.4. The predicted molar refractivity (Wildman–Crippen MR) is 82.6 cm³/mol. The molecule has 21 heavy (non-hydrogen) atoms. The van der Waals surface area contributed by atoms with Gasteiger partial charge in [-0.05, 0) is 51.0 Å². The van der Waals surface area contributed by atoms with Crippen LogP contribution in [0, 0.1) is 5.92 Å². The zero-order valence-electron chi connectivity index (χ0n) is 13.2. The number of nitrogens with zero attached hydrogens (tertiary/aromatic N) is 1. The summed E-state index contributed by atoms with van der Waals surface area (Å²) in [5.74, 6) is -2.09. The highest BCUT2D eigenvalue weighted by molar-refractivity contribution is 5.29. The van der Waals surface area contributed by atoms with Crippen molar-refractivity contribution in [3.05, 3.63) is 35.4 Å². The van der Waals surface area contributed by atoms with E-state index in [0.717, 1.165) is 24.9 Å². The van der Waals surface area contributed by atoms with Crippen LogP contribution in [0.5, 0.6) is 0 Å². The van der Waals surface area contributed by atoms with Gasteiger partial charge in [-0.1, -0.05) is 25.1 Å². The second kappa shape index (κ2) is 6.84. The number of piperidine rings is 1. The molecule has 1 aromatic carbocycles. The Balaban J connectivity index is 2.09. The van der Waals surface area contributed by atoms with E-state index in [-0.39, 0.29) is 18.0 Å². The van der Waals surface area contributed by atoms with Crippen LogP contribution in [0.25, 0.3) is 0 Å². The Morgan fingerprint density at radius 2 is 2.05 bits per heavy atom. The number of benzene rings is 1. The maximum absolute atomic E-state index is 14.3. The number of hydrogen-bond acceptors (Lipinski definition) is 2. The van der Waals surface area contributed by atoms with Crippen LogP contribution < -0.4 is 5.32 Å². The van der Waals surface area contributed by atoms with Gasteiger partial charge < -0.3 is 10.2 Å². The molecular weight excluding hydrogens is 270 g/mol. The topological polar surface area (TPSA) is 15.3 Å². The SMILES string of the molecule is C[C@H]1CC[C@H](c2cccc(C(F)(F)CCN(C)C)c2)NC1. The summed E-state index contributed by atoms with van der Waals surface area (Å²) in [5, 5.41) is 3.46. The lowest BCUT2D eigenvalue weighted by atomic mass is 9.90. The van der Waals surface area contributed by atoms with E-state index in [9.17, 15) is 8.78 Å². The number of nitrogens with one attached hydrogen (secondary N) is 1. The lowest BCUT2D eigenvalue weighted by molar-refractivity contribution is -0.0188. The molecule has 118 valence electrons. The van der Waals surface area contributed by atoms with Crippen LogP contribution in [-0.4, -0.2) is 32.1 Å². The third-order valence-corrected chi connectivity index (χ3v) is 4.25. The van der Waals surface area contributed by atoms with Gasteiger partial charge in [0.2, 0.25) is 0 Å². The zero-order chi connectivity index (χ0) is 15.5. The van der Waals surface area contributed by atoms with E-state index in [1.165, 1.54) is 0 Å². The van der Waals surface area contributed by atoms with Gasteiger partial charge in [0.15, 0.2) is 0 Å². The van der Waals surface area contributed by atoms with Crippen molar-refractivity contribution in [1.82, 2.24) is 10.2 Å². The molecule has 2 atom stereocenters. The van der Waals surface area contributed by atoms with E-state index in [1.54, 1.807) is 23.1 Å². The molecule has 2 nitrogen and oxygen atoms in total. The van der Waals surface area contributed by atoms with E-state index in [0.29, 0.717) is 12.5 Å². The highest BCUT2D eigenvalue weighted by atomic mass is 19.3. The first-order valence-electron chi connectivity index (χ1n) is 7.75. The summed E-state index contributed by atoms with van der Waals surface area (Å²) >= 11 is 0. The Morgan fingerprint density at radius 1 is 1.29 bits per heavy atom. The molecular formula is C17H26F2N2. The minimum Gasteiger partial charge on any atom is -0.310 e. The molecule has 0 unspecified atom stereocenters. The zero-order valence-corrected chi connectivity index (χ0v) is 13.2. The van der Waals surface area contributed by atoms with Crippen LogP contribution in [-0.2, 0) is 5.92 Å². The van der Waals surface area contributed by atoms with Crippen molar-refractivity contribution in [2.24, 2.45) is 5.92 Å². The second-order valence-corrected chi connectivity index (χ2v) is 6.53. The van der Waals surface area contributed by atoms with Crippen molar-refractivity contribution >= 4 is 0 Å². The average molecular weight is 296 g/mol. The van der Waals surface area contributed by atoms with Crippen molar-refractivity contribution in [2.75, 3.05) is 27.2 Å².